The van der Waals surface area contributed by atoms with Crippen molar-refractivity contribution < 1.29 is 0 Å². The summed E-state index contributed by atoms with van der Waals surface area (Å²) in [5.41, 5.74) is 13.5. The Morgan fingerprint density at radius 1 is 0.565 bits per heavy atom. The molecule has 1 aromatic heterocycles. The highest BCUT2D eigenvalue weighted by atomic mass is 15.0. The van der Waals surface area contributed by atoms with Crippen LogP contribution in [0.15, 0.2) is 109 Å². The molecule has 3 aliphatic carbocycles. The lowest BCUT2D eigenvalue weighted by molar-refractivity contribution is 0.660. The van der Waals surface area contributed by atoms with E-state index in [2.05, 4.69) is 146 Å². The molecule has 1 heterocycles. The van der Waals surface area contributed by atoms with Crippen molar-refractivity contribution in [3.8, 4) is 27.9 Å². The maximum absolute atomic E-state index is 2.54. The molecule has 0 saturated carbocycles. The number of rotatable bonds is 2. The van der Waals surface area contributed by atoms with Gasteiger partial charge in [0.15, 0.2) is 0 Å². The van der Waals surface area contributed by atoms with Gasteiger partial charge in [-0.1, -0.05) is 111 Å². The van der Waals surface area contributed by atoms with Crippen molar-refractivity contribution in [1.82, 2.24) is 4.57 Å². The summed E-state index contributed by atoms with van der Waals surface area (Å²) in [6.45, 7) is 4.72. The molecule has 0 saturated heterocycles. The molecule has 0 atom stereocenters. The molecule has 7 aromatic rings. The topological polar surface area (TPSA) is 4.93 Å². The number of hydrogen-bond donors (Lipinski definition) is 0. The normalized spacial score (nSPS) is 15.7. The Labute approximate surface area is 269 Å². The Morgan fingerprint density at radius 3 is 2.11 bits per heavy atom. The zero-order valence-corrected chi connectivity index (χ0v) is 26.4. The second kappa shape index (κ2) is 9.44. The molecule has 0 fully saturated rings. The average molecular weight is 590 g/mol. The highest BCUT2D eigenvalue weighted by Gasteiger charge is 2.35. The third-order valence-corrected chi connectivity index (χ3v) is 11.1. The first-order chi connectivity index (χ1) is 22.6. The Hall–Kier alpha value is -5.14. The predicted octanol–water partition coefficient (Wildman–Crippen LogP) is 10.2. The molecule has 0 bridgehead atoms. The number of nitrogens with zero attached hydrogens (tertiary/aromatic N) is 1. The van der Waals surface area contributed by atoms with E-state index >= 15 is 0 Å². The summed E-state index contributed by atoms with van der Waals surface area (Å²) in [6, 6.07) is 39.3. The first kappa shape index (κ1) is 26.1. The van der Waals surface area contributed by atoms with Gasteiger partial charge in [-0.2, -0.15) is 0 Å². The highest BCUT2D eigenvalue weighted by Crippen LogP contribution is 2.49. The second-order valence-corrected chi connectivity index (χ2v) is 13.9. The number of aromatic nitrogens is 1. The molecule has 1 heteroatoms. The summed E-state index contributed by atoms with van der Waals surface area (Å²) < 4.78 is 2.54. The summed E-state index contributed by atoms with van der Waals surface area (Å²) in [5.74, 6) is 0. The molecule has 6 aromatic carbocycles. The molecule has 0 radical (unpaired) electrons. The molecular formula is C45H35N. The van der Waals surface area contributed by atoms with Crippen molar-refractivity contribution in [3.63, 3.8) is 0 Å². The molecule has 3 aliphatic rings. The first-order valence-electron chi connectivity index (χ1n) is 16.8. The number of allylic oxidation sites excluding steroid dienone is 1. The van der Waals surface area contributed by atoms with Crippen LogP contribution in [0.1, 0.15) is 55.5 Å². The lowest BCUT2D eigenvalue weighted by atomic mass is 9.82. The number of fused-ring (bicyclic) bond motifs is 12. The van der Waals surface area contributed by atoms with Gasteiger partial charge in [-0.3, -0.25) is 0 Å². The zero-order chi connectivity index (χ0) is 30.6. The predicted molar refractivity (Wildman–Crippen MR) is 196 cm³/mol. The lowest BCUT2D eigenvalue weighted by Gasteiger charge is -2.21. The van der Waals surface area contributed by atoms with Gasteiger partial charge in [-0.25, -0.2) is 0 Å². The minimum atomic E-state index is 0.0149. The van der Waals surface area contributed by atoms with E-state index < -0.39 is 0 Å². The fourth-order valence-corrected chi connectivity index (χ4v) is 8.86. The Kier molecular flexibility index (Phi) is 5.36. The van der Waals surface area contributed by atoms with Crippen LogP contribution in [0.4, 0.5) is 0 Å². The molecule has 46 heavy (non-hydrogen) atoms. The van der Waals surface area contributed by atoms with E-state index in [1.54, 1.807) is 0 Å². The van der Waals surface area contributed by atoms with Gasteiger partial charge in [-0.05, 0) is 121 Å². The summed E-state index contributed by atoms with van der Waals surface area (Å²) in [7, 11) is 0. The molecule has 0 spiro atoms. The van der Waals surface area contributed by atoms with Gasteiger partial charge in [-0.15, -0.1) is 0 Å². The fraction of sp³-hybridized carbons (Fsp3) is 0.156. The van der Waals surface area contributed by atoms with Crippen molar-refractivity contribution in [3.05, 3.63) is 142 Å². The van der Waals surface area contributed by atoms with Gasteiger partial charge in [0.05, 0.1) is 5.52 Å². The van der Waals surface area contributed by atoms with Crippen molar-refractivity contribution in [1.29, 1.82) is 0 Å². The van der Waals surface area contributed by atoms with Gasteiger partial charge in [0.1, 0.15) is 0 Å². The van der Waals surface area contributed by atoms with Crippen LogP contribution in [0, 0.1) is 0 Å². The molecule has 0 unspecified atom stereocenters. The standard InChI is InChI=1S/C45H35N/c1-45(2)41-17-9-7-15-36(41)39-27-30(21-23-42(39)45)46-43-18-10-8-16-37(43)40-26-29(20-24-44(40)46)28-19-22-35-33-13-4-3-11-31(33)32-12-5-6-14-34(32)38(35)25-28/h5-9,11-17,19-27H,3-4,10,18H2,1-2H3. The van der Waals surface area contributed by atoms with Crippen LogP contribution < -0.4 is 10.4 Å². The monoisotopic (exact) mass is 589 g/mol. The van der Waals surface area contributed by atoms with E-state index in [1.807, 2.05) is 0 Å². The number of hydrogen-bond acceptors (Lipinski definition) is 0. The van der Waals surface area contributed by atoms with E-state index in [9.17, 15) is 0 Å². The van der Waals surface area contributed by atoms with Crippen LogP contribution in [0.25, 0.3) is 78.6 Å². The molecule has 220 valence electrons. The van der Waals surface area contributed by atoms with E-state index in [4.69, 9.17) is 0 Å². The molecule has 0 N–H and O–H groups in total. The van der Waals surface area contributed by atoms with Gasteiger partial charge in [0, 0.05) is 27.7 Å². The summed E-state index contributed by atoms with van der Waals surface area (Å²) in [4.78, 5) is 0. The maximum Gasteiger partial charge on any atom is 0.0538 e. The maximum atomic E-state index is 2.54. The highest BCUT2D eigenvalue weighted by molar-refractivity contribution is 6.10. The van der Waals surface area contributed by atoms with E-state index in [0.717, 1.165) is 25.7 Å². The molecule has 0 amide bonds. The molecule has 10 rings (SSSR count). The van der Waals surface area contributed by atoms with Gasteiger partial charge < -0.3 is 4.57 Å². The van der Waals surface area contributed by atoms with Gasteiger partial charge in [0.2, 0.25) is 0 Å². The van der Waals surface area contributed by atoms with Gasteiger partial charge in [0.25, 0.3) is 0 Å². The van der Waals surface area contributed by atoms with Crippen LogP contribution in [-0.4, -0.2) is 4.57 Å². The van der Waals surface area contributed by atoms with Crippen molar-refractivity contribution in [2.45, 2.75) is 44.9 Å². The minimum absolute atomic E-state index is 0.0149. The SMILES string of the molecule is CC1(C)c2ccccc2-c2cc(-n3c4c(c5cc(-c6ccc7c8c(c9ccccc9c7c6)=CCCC=8)ccc53)C=CCC4)ccc21. The summed E-state index contributed by atoms with van der Waals surface area (Å²) in [5, 5.41) is 9.56. The van der Waals surface area contributed by atoms with Crippen molar-refractivity contribution >= 4 is 50.7 Å². The van der Waals surface area contributed by atoms with Gasteiger partial charge >= 0.3 is 0 Å². The zero-order valence-electron chi connectivity index (χ0n) is 26.4. The number of benzene rings is 6. The second-order valence-electron chi connectivity index (χ2n) is 13.9. The van der Waals surface area contributed by atoms with E-state index in [-0.39, 0.29) is 5.41 Å². The van der Waals surface area contributed by atoms with Crippen LogP contribution in [0.5, 0.6) is 0 Å². The van der Waals surface area contributed by atoms with E-state index in [1.165, 1.54) is 93.2 Å². The third kappa shape index (κ3) is 3.52. The smallest absolute Gasteiger partial charge is 0.0538 e. The summed E-state index contributed by atoms with van der Waals surface area (Å²) >= 11 is 0. The Balaban J connectivity index is 1.17. The molecular weight excluding hydrogens is 555 g/mol. The van der Waals surface area contributed by atoms with E-state index in [0.29, 0.717) is 0 Å². The largest absolute Gasteiger partial charge is 0.313 e. The fourth-order valence-electron chi connectivity index (χ4n) is 8.86. The van der Waals surface area contributed by atoms with Crippen LogP contribution >= 0.6 is 0 Å². The first-order valence-corrected chi connectivity index (χ1v) is 16.8. The average Bonchev–Trinajstić information content (AvgIpc) is 3.56. The third-order valence-electron chi connectivity index (χ3n) is 11.1. The van der Waals surface area contributed by atoms with Crippen molar-refractivity contribution in [2.75, 3.05) is 0 Å². The molecule has 0 aliphatic heterocycles. The Bertz CT molecular complexity index is 2610. The quantitative estimate of drug-likeness (QED) is 0.177. The van der Waals surface area contributed by atoms with Crippen LogP contribution in [0.2, 0.25) is 0 Å². The Morgan fingerprint density at radius 2 is 1.26 bits per heavy atom. The van der Waals surface area contributed by atoms with Crippen LogP contribution in [-0.2, 0) is 11.8 Å². The van der Waals surface area contributed by atoms with Crippen molar-refractivity contribution in [2.24, 2.45) is 0 Å². The molecule has 1 nitrogen and oxygen atoms in total. The summed E-state index contributed by atoms with van der Waals surface area (Å²) in [6.07, 6.45) is 13.9. The minimum Gasteiger partial charge on any atom is -0.313 e. The van der Waals surface area contributed by atoms with Crippen LogP contribution in [0.3, 0.4) is 0 Å². The lowest BCUT2D eigenvalue weighted by Crippen LogP contribution is -2.28.